The molecule has 0 spiro atoms. The van der Waals surface area contributed by atoms with Gasteiger partial charge in [0.25, 0.3) is 0 Å². The van der Waals surface area contributed by atoms with E-state index in [4.69, 9.17) is 4.74 Å². The molecule has 0 radical (unpaired) electrons. The van der Waals surface area contributed by atoms with Crippen molar-refractivity contribution in [1.82, 2.24) is 5.32 Å². The summed E-state index contributed by atoms with van der Waals surface area (Å²) in [6.45, 7) is 4.49. The Morgan fingerprint density at radius 3 is 2.56 bits per heavy atom. The number of rotatable bonds is 5. The number of ether oxygens (including phenoxy) is 1. The van der Waals surface area contributed by atoms with Crippen LogP contribution in [0.1, 0.15) is 13.8 Å². The minimum absolute atomic E-state index is 0.0725. The standard InChI is InChI=1S/C12H17NO2S/c1-4-13-12(14)9(2)16-11-7-5-10(15-3)6-8-11/h5-9H,4H2,1-3H3,(H,13,14)/t9-/m0/s1. The molecule has 0 fully saturated rings. The van der Waals surface area contributed by atoms with E-state index in [1.807, 2.05) is 38.1 Å². The molecule has 0 aromatic heterocycles. The molecule has 0 saturated heterocycles. The van der Waals surface area contributed by atoms with Gasteiger partial charge in [0.15, 0.2) is 0 Å². The van der Waals surface area contributed by atoms with Crippen LogP contribution in [-0.4, -0.2) is 24.8 Å². The first-order valence-corrected chi connectivity index (χ1v) is 6.13. The van der Waals surface area contributed by atoms with Gasteiger partial charge in [0.2, 0.25) is 5.91 Å². The zero-order valence-corrected chi connectivity index (χ0v) is 10.6. The van der Waals surface area contributed by atoms with Gasteiger partial charge in [-0.15, -0.1) is 11.8 Å². The van der Waals surface area contributed by atoms with Crippen LogP contribution in [0.15, 0.2) is 29.2 Å². The molecule has 3 nitrogen and oxygen atoms in total. The maximum atomic E-state index is 11.5. The van der Waals surface area contributed by atoms with Crippen molar-refractivity contribution in [2.45, 2.75) is 24.0 Å². The number of benzene rings is 1. The Bertz CT molecular complexity index is 337. The van der Waals surface area contributed by atoms with Gasteiger partial charge >= 0.3 is 0 Å². The summed E-state index contributed by atoms with van der Waals surface area (Å²) < 4.78 is 5.07. The number of thioether (sulfide) groups is 1. The van der Waals surface area contributed by atoms with Gasteiger partial charge in [-0.25, -0.2) is 0 Å². The van der Waals surface area contributed by atoms with Gasteiger partial charge in [-0.2, -0.15) is 0 Å². The van der Waals surface area contributed by atoms with Crippen molar-refractivity contribution in [3.05, 3.63) is 24.3 Å². The number of nitrogens with one attached hydrogen (secondary N) is 1. The molecule has 0 unspecified atom stereocenters. The van der Waals surface area contributed by atoms with Crippen molar-refractivity contribution in [2.75, 3.05) is 13.7 Å². The number of methoxy groups -OCH3 is 1. The Morgan fingerprint density at radius 2 is 2.06 bits per heavy atom. The quantitative estimate of drug-likeness (QED) is 0.801. The molecule has 88 valence electrons. The number of carbonyl (C=O) groups excluding carboxylic acids is 1. The second-order valence-electron chi connectivity index (χ2n) is 3.33. The summed E-state index contributed by atoms with van der Waals surface area (Å²) in [6, 6.07) is 7.71. The molecule has 1 amide bonds. The summed E-state index contributed by atoms with van der Waals surface area (Å²) in [5.74, 6) is 0.901. The van der Waals surface area contributed by atoms with E-state index in [0.717, 1.165) is 10.6 Å². The number of hydrogen-bond donors (Lipinski definition) is 1. The van der Waals surface area contributed by atoms with E-state index in [9.17, 15) is 4.79 Å². The largest absolute Gasteiger partial charge is 0.497 e. The highest BCUT2D eigenvalue weighted by atomic mass is 32.2. The Hall–Kier alpha value is -1.16. The van der Waals surface area contributed by atoms with E-state index in [1.54, 1.807) is 18.9 Å². The van der Waals surface area contributed by atoms with Crippen LogP contribution in [0.3, 0.4) is 0 Å². The lowest BCUT2D eigenvalue weighted by Gasteiger charge is -2.10. The van der Waals surface area contributed by atoms with Crippen molar-refractivity contribution in [3.8, 4) is 5.75 Å². The van der Waals surface area contributed by atoms with Gasteiger partial charge in [0.1, 0.15) is 5.75 Å². The van der Waals surface area contributed by atoms with Gasteiger partial charge < -0.3 is 10.1 Å². The zero-order valence-electron chi connectivity index (χ0n) is 9.82. The Balaban J connectivity index is 2.55. The van der Waals surface area contributed by atoms with Crippen LogP contribution in [0.25, 0.3) is 0 Å². The van der Waals surface area contributed by atoms with Gasteiger partial charge in [-0.1, -0.05) is 0 Å². The van der Waals surface area contributed by atoms with Gasteiger partial charge in [-0.05, 0) is 38.1 Å². The minimum atomic E-state index is -0.0756. The molecule has 0 heterocycles. The highest BCUT2D eigenvalue weighted by Crippen LogP contribution is 2.25. The summed E-state index contributed by atoms with van der Waals surface area (Å²) in [5.41, 5.74) is 0. The maximum absolute atomic E-state index is 11.5. The average Bonchev–Trinajstić information content (AvgIpc) is 2.30. The molecule has 1 atom stereocenters. The molecule has 0 aliphatic rings. The molecule has 1 N–H and O–H groups in total. The van der Waals surface area contributed by atoms with Crippen molar-refractivity contribution in [3.63, 3.8) is 0 Å². The SMILES string of the molecule is CCNC(=O)[C@H](C)Sc1ccc(OC)cc1. The van der Waals surface area contributed by atoms with Crippen LogP contribution in [0.4, 0.5) is 0 Å². The molecule has 0 aliphatic heterocycles. The molecule has 1 aromatic rings. The summed E-state index contributed by atoms with van der Waals surface area (Å²) in [5, 5.41) is 2.73. The first-order chi connectivity index (χ1) is 7.67. The van der Waals surface area contributed by atoms with Crippen LogP contribution in [0.2, 0.25) is 0 Å². The molecule has 0 aliphatic carbocycles. The van der Waals surface area contributed by atoms with Crippen LogP contribution in [-0.2, 0) is 4.79 Å². The van der Waals surface area contributed by atoms with Crippen molar-refractivity contribution in [2.24, 2.45) is 0 Å². The first-order valence-electron chi connectivity index (χ1n) is 5.25. The van der Waals surface area contributed by atoms with E-state index < -0.39 is 0 Å². The molecule has 1 rings (SSSR count). The third-order valence-corrected chi connectivity index (χ3v) is 3.20. The van der Waals surface area contributed by atoms with Gasteiger partial charge in [0.05, 0.1) is 12.4 Å². The van der Waals surface area contributed by atoms with Crippen LogP contribution in [0, 0.1) is 0 Å². The summed E-state index contributed by atoms with van der Waals surface area (Å²) in [7, 11) is 1.64. The fraction of sp³-hybridized carbons (Fsp3) is 0.417. The van der Waals surface area contributed by atoms with E-state index in [2.05, 4.69) is 5.32 Å². The Kier molecular flexibility index (Phi) is 5.19. The van der Waals surface area contributed by atoms with Crippen molar-refractivity contribution >= 4 is 17.7 Å². The van der Waals surface area contributed by atoms with Crippen LogP contribution < -0.4 is 10.1 Å². The summed E-state index contributed by atoms with van der Waals surface area (Å²) in [6.07, 6.45) is 0. The molecular weight excluding hydrogens is 222 g/mol. The molecule has 16 heavy (non-hydrogen) atoms. The minimum Gasteiger partial charge on any atom is -0.497 e. The Labute approximate surface area is 101 Å². The lowest BCUT2D eigenvalue weighted by Crippen LogP contribution is -2.30. The average molecular weight is 239 g/mol. The monoisotopic (exact) mass is 239 g/mol. The second kappa shape index (κ2) is 6.43. The lowest BCUT2D eigenvalue weighted by atomic mass is 10.3. The van der Waals surface area contributed by atoms with E-state index in [1.165, 1.54) is 0 Å². The van der Waals surface area contributed by atoms with Crippen LogP contribution in [0.5, 0.6) is 5.75 Å². The van der Waals surface area contributed by atoms with Crippen LogP contribution >= 0.6 is 11.8 Å². The lowest BCUT2D eigenvalue weighted by molar-refractivity contribution is -0.120. The molecule has 4 heteroatoms. The zero-order chi connectivity index (χ0) is 12.0. The van der Waals surface area contributed by atoms with E-state index in [0.29, 0.717) is 6.54 Å². The molecule has 0 bridgehead atoms. The highest BCUT2D eigenvalue weighted by molar-refractivity contribution is 8.00. The fourth-order valence-corrected chi connectivity index (χ4v) is 2.12. The predicted molar refractivity (Wildman–Crippen MR) is 67.0 cm³/mol. The molecule has 1 aromatic carbocycles. The third-order valence-electron chi connectivity index (χ3n) is 2.09. The van der Waals surface area contributed by atoms with E-state index >= 15 is 0 Å². The fourth-order valence-electron chi connectivity index (χ4n) is 1.23. The number of amides is 1. The Morgan fingerprint density at radius 1 is 1.44 bits per heavy atom. The highest BCUT2D eigenvalue weighted by Gasteiger charge is 2.12. The first kappa shape index (κ1) is 12.9. The third kappa shape index (κ3) is 3.77. The van der Waals surface area contributed by atoms with Crippen molar-refractivity contribution in [1.29, 1.82) is 0 Å². The van der Waals surface area contributed by atoms with Gasteiger partial charge in [0, 0.05) is 11.4 Å². The normalized spacial score (nSPS) is 11.9. The summed E-state index contributed by atoms with van der Waals surface area (Å²) in [4.78, 5) is 12.6. The topological polar surface area (TPSA) is 38.3 Å². The van der Waals surface area contributed by atoms with Crippen molar-refractivity contribution < 1.29 is 9.53 Å². The van der Waals surface area contributed by atoms with Gasteiger partial charge in [-0.3, -0.25) is 4.79 Å². The predicted octanol–water partition coefficient (Wildman–Crippen LogP) is 2.31. The maximum Gasteiger partial charge on any atom is 0.233 e. The number of carbonyl (C=O) groups is 1. The molecule has 0 saturated carbocycles. The summed E-state index contributed by atoms with van der Waals surface area (Å²) >= 11 is 1.54. The molecular formula is C12H17NO2S. The number of hydrogen-bond acceptors (Lipinski definition) is 3. The van der Waals surface area contributed by atoms with E-state index in [-0.39, 0.29) is 11.2 Å². The second-order valence-corrected chi connectivity index (χ2v) is 4.74. The smallest absolute Gasteiger partial charge is 0.233 e.